The molecule has 1 saturated heterocycles. The quantitative estimate of drug-likeness (QED) is 0.808. The van der Waals surface area contributed by atoms with Gasteiger partial charge in [-0.05, 0) is 50.7 Å². The van der Waals surface area contributed by atoms with Gasteiger partial charge < -0.3 is 15.0 Å². The van der Waals surface area contributed by atoms with E-state index in [1.807, 2.05) is 12.1 Å². The van der Waals surface area contributed by atoms with Crippen LogP contribution in [0.5, 0.6) is 5.75 Å². The Kier molecular flexibility index (Phi) is 5.90. The Hall–Kier alpha value is -1.02. The molecular formula is C16H21BrN2O. The molecule has 0 aliphatic carbocycles. The van der Waals surface area contributed by atoms with Crippen molar-refractivity contribution >= 4 is 15.9 Å². The predicted molar refractivity (Wildman–Crippen MR) is 85.8 cm³/mol. The number of rotatable bonds is 6. The molecule has 0 amide bonds. The van der Waals surface area contributed by atoms with Crippen LogP contribution in [0, 0.1) is 18.3 Å². The Balaban J connectivity index is 1.87. The predicted octanol–water partition coefficient (Wildman–Crippen LogP) is 2.50. The van der Waals surface area contributed by atoms with Crippen molar-refractivity contribution < 1.29 is 4.74 Å². The smallest absolute Gasteiger partial charge is 0.148 e. The highest BCUT2D eigenvalue weighted by atomic mass is 79.9. The Morgan fingerprint density at radius 2 is 2.40 bits per heavy atom. The number of hydrogen-bond acceptors (Lipinski definition) is 3. The van der Waals surface area contributed by atoms with E-state index in [-0.39, 0.29) is 0 Å². The van der Waals surface area contributed by atoms with Gasteiger partial charge in [-0.3, -0.25) is 0 Å². The molecule has 108 valence electrons. The molecule has 0 spiro atoms. The molecule has 1 heterocycles. The standard InChI is InChI=1S/C16H21BrN2O/c1-3-8-20-16-5-4-15(17)9-14(16)11-18-10-13-6-7-19(2)12-13/h1,4-5,9,13,18H,6-8,10-12H2,2H3. The van der Waals surface area contributed by atoms with Gasteiger partial charge in [0, 0.05) is 23.1 Å². The number of halogens is 1. The average molecular weight is 337 g/mol. The molecule has 1 aromatic rings. The summed E-state index contributed by atoms with van der Waals surface area (Å²) in [4.78, 5) is 2.38. The first kappa shape index (κ1) is 15.4. The second-order valence-electron chi connectivity index (χ2n) is 5.29. The van der Waals surface area contributed by atoms with Crippen LogP contribution in [-0.4, -0.2) is 38.2 Å². The van der Waals surface area contributed by atoms with Crippen molar-refractivity contribution in [3.63, 3.8) is 0 Å². The van der Waals surface area contributed by atoms with Crippen LogP contribution < -0.4 is 10.1 Å². The normalized spacial score (nSPS) is 18.9. The lowest BCUT2D eigenvalue weighted by molar-refractivity contribution is 0.362. The number of benzene rings is 1. The van der Waals surface area contributed by atoms with E-state index >= 15 is 0 Å². The van der Waals surface area contributed by atoms with Gasteiger partial charge in [0.05, 0.1) is 0 Å². The zero-order chi connectivity index (χ0) is 14.4. The van der Waals surface area contributed by atoms with Crippen LogP contribution in [-0.2, 0) is 6.54 Å². The molecular weight excluding hydrogens is 316 g/mol. The highest BCUT2D eigenvalue weighted by Crippen LogP contribution is 2.23. The van der Waals surface area contributed by atoms with Crippen molar-refractivity contribution in [2.75, 3.05) is 33.3 Å². The average Bonchev–Trinajstić information content (AvgIpc) is 2.84. The highest BCUT2D eigenvalue weighted by molar-refractivity contribution is 9.10. The Morgan fingerprint density at radius 1 is 1.55 bits per heavy atom. The van der Waals surface area contributed by atoms with E-state index in [0.717, 1.165) is 34.8 Å². The third-order valence-electron chi connectivity index (χ3n) is 3.57. The molecule has 4 heteroatoms. The summed E-state index contributed by atoms with van der Waals surface area (Å²) < 4.78 is 6.63. The van der Waals surface area contributed by atoms with E-state index in [1.54, 1.807) is 0 Å². The molecule has 2 rings (SSSR count). The van der Waals surface area contributed by atoms with Gasteiger partial charge in [0.1, 0.15) is 12.4 Å². The Labute approximate surface area is 129 Å². The Morgan fingerprint density at radius 3 is 3.10 bits per heavy atom. The summed E-state index contributed by atoms with van der Waals surface area (Å²) in [6, 6.07) is 6.02. The summed E-state index contributed by atoms with van der Waals surface area (Å²) in [7, 11) is 2.18. The number of hydrogen-bond donors (Lipinski definition) is 1. The topological polar surface area (TPSA) is 24.5 Å². The van der Waals surface area contributed by atoms with Crippen LogP contribution in [0.3, 0.4) is 0 Å². The molecule has 20 heavy (non-hydrogen) atoms. The minimum atomic E-state index is 0.308. The number of nitrogens with one attached hydrogen (secondary N) is 1. The van der Waals surface area contributed by atoms with Gasteiger partial charge >= 0.3 is 0 Å². The van der Waals surface area contributed by atoms with Gasteiger partial charge in [-0.1, -0.05) is 21.9 Å². The fourth-order valence-electron chi connectivity index (χ4n) is 2.55. The lowest BCUT2D eigenvalue weighted by Gasteiger charge is -2.14. The van der Waals surface area contributed by atoms with Gasteiger partial charge in [-0.25, -0.2) is 0 Å². The first-order valence-electron chi connectivity index (χ1n) is 6.93. The summed E-state index contributed by atoms with van der Waals surface area (Å²) in [6.07, 6.45) is 6.53. The first-order chi connectivity index (χ1) is 9.69. The molecule has 1 aliphatic heterocycles. The third-order valence-corrected chi connectivity index (χ3v) is 4.06. The third kappa shape index (κ3) is 4.52. The van der Waals surface area contributed by atoms with Crippen LogP contribution in [0.2, 0.25) is 0 Å². The summed E-state index contributed by atoms with van der Waals surface area (Å²) >= 11 is 3.50. The van der Waals surface area contributed by atoms with Crippen LogP contribution in [0.15, 0.2) is 22.7 Å². The number of likely N-dealkylation sites (tertiary alicyclic amines) is 1. The molecule has 1 aliphatic rings. The van der Waals surface area contributed by atoms with Crippen LogP contribution in [0.1, 0.15) is 12.0 Å². The van der Waals surface area contributed by atoms with Crippen molar-refractivity contribution in [1.29, 1.82) is 0 Å². The van der Waals surface area contributed by atoms with E-state index in [2.05, 4.69) is 45.2 Å². The first-order valence-corrected chi connectivity index (χ1v) is 7.72. The van der Waals surface area contributed by atoms with Gasteiger partial charge in [-0.2, -0.15) is 0 Å². The minimum Gasteiger partial charge on any atom is -0.481 e. The van der Waals surface area contributed by atoms with Crippen molar-refractivity contribution in [3.8, 4) is 18.1 Å². The van der Waals surface area contributed by atoms with Crippen LogP contribution in [0.4, 0.5) is 0 Å². The molecule has 3 nitrogen and oxygen atoms in total. The van der Waals surface area contributed by atoms with Gasteiger partial charge in [0.2, 0.25) is 0 Å². The molecule has 0 radical (unpaired) electrons. The minimum absolute atomic E-state index is 0.308. The maximum Gasteiger partial charge on any atom is 0.148 e. The maximum atomic E-state index is 5.58. The van der Waals surface area contributed by atoms with E-state index in [0.29, 0.717) is 6.61 Å². The number of nitrogens with zero attached hydrogens (tertiary/aromatic N) is 1. The SMILES string of the molecule is C#CCOc1ccc(Br)cc1CNCC1CCN(C)C1. The molecule has 1 N–H and O–H groups in total. The Bertz CT molecular complexity index is 484. The van der Waals surface area contributed by atoms with Crippen LogP contribution >= 0.6 is 15.9 Å². The molecule has 1 aromatic carbocycles. The summed E-state index contributed by atoms with van der Waals surface area (Å²) in [5.41, 5.74) is 1.14. The monoisotopic (exact) mass is 336 g/mol. The van der Waals surface area contributed by atoms with E-state index in [1.165, 1.54) is 19.5 Å². The zero-order valence-corrected chi connectivity index (χ0v) is 13.4. The lowest BCUT2D eigenvalue weighted by Crippen LogP contribution is -2.25. The van der Waals surface area contributed by atoms with Crippen LogP contribution in [0.25, 0.3) is 0 Å². The molecule has 1 unspecified atom stereocenters. The molecule has 1 atom stereocenters. The summed E-state index contributed by atoms with van der Waals surface area (Å²) in [6.45, 7) is 4.55. The summed E-state index contributed by atoms with van der Waals surface area (Å²) in [5, 5.41) is 3.53. The maximum absolute atomic E-state index is 5.58. The van der Waals surface area contributed by atoms with Crippen molar-refractivity contribution in [1.82, 2.24) is 10.2 Å². The highest BCUT2D eigenvalue weighted by Gasteiger charge is 2.18. The van der Waals surface area contributed by atoms with Gasteiger partial charge in [0.25, 0.3) is 0 Å². The zero-order valence-electron chi connectivity index (χ0n) is 11.9. The van der Waals surface area contributed by atoms with Crippen molar-refractivity contribution in [2.24, 2.45) is 5.92 Å². The van der Waals surface area contributed by atoms with Crippen molar-refractivity contribution in [3.05, 3.63) is 28.2 Å². The van der Waals surface area contributed by atoms with E-state index < -0.39 is 0 Å². The van der Waals surface area contributed by atoms with Gasteiger partial charge in [-0.15, -0.1) is 6.42 Å². The van der Waals surface area contributed by atoms with Crippen molar-refractivity contribution in [2.45, 2.75) is 13.0 Å². The second-order valence-corrected chi connectivity index (χ2v) is 6.21. The molecule has 0 aromatic heterocycles. The van der Waals surface area contributed by atoms with Gasteiger partial charge in [0.15, 0.2) is 0 Å². The molecule has 0 bridgehead atoms. The largest absolute Gasteiger partial charge is 0.481 e. The van der Waals surface area contributed by atoms with E-state index in [4.69, 9.17) is 11.2 Å². The summed E-state index contributed by atoms with van der Waals surface area (Å²) in [5.74, 6) is 4.12. The molecule has 0 saturated carbocycles. The molecule has 1 fully saturated rings. The number of terminal acetylenes is 1. The van der Waals surface area contributed by atoms with E-state index in [9.17, 15) is 0 Å². The fraction of sp³-hybridized carbons (Fsp3) is 0.500. The fourth-order valence-corrected chi connectivity index (χ4v) is 2.96. The number of ether oxygens (including phenoxy) is 1. The lowest BCUT2D eigenvalue weighted by atomic mass is 10.1. The second kappa shape index (κ2) is 7.68.